The van der Waals surface area contributed by atoms with Crippen molar-refractivity contribution >= 4 is 0 Å². The third-order valence-electron chi connectivity index (χ3n) is 0.988. The summed E-state index contributed by atoms with van der Waals surface area (Å²) in [7, 11) is 1.61. The highest BCUT2D eigenvalue weighted by atomic mass is 16.5. The molecule has 0 fully saturated rings. The van der Waals surface area contributed by atoms with Gasteiger partial charge < -0.3 is 9.47 Å². The molecule has 0 amide bonds. The van der Waals surface area contributed by atoms with Gasteiger partial charge in [-0.25, -0.2) is 4.98 Å². The van der Waals surface area contributed by atoms with Crippen molar-refractivity contribution < 1.29 is 9.47 Å². The zero-order valence-electron chi connectivity index (χ0n) is 6.23. The lowest BCUT2D eigenvalue weighted by Crippen LogP contribution is -2.06. The lowest BCUT2D eigenvalue weighted by atomic mass is 10.8. The van der Waals surface area contributed by atoms with Crippen LogP contribution in [0.15, 0.2) is 12.7 Å². The Morgan fingerprint density at radius 1 is 1.27 bits per heavy atom. The molecule has 0 aliphatic carbocycles. The van der Waals surface area contributed by atoms with Gasteiger partial charge >= 0.3 is 6.01 Å². The molecule has 5 heteroatoms. The highest BCUT2D eigenvalue weighted by molar-refractivity contribution is 4.86. The number of aromatic nitrogens is 3. The van der Waals surface area contributed by atoms with Crippen LogP contribution in [-0.4, -0.2) is 35.3 Å². The van der Waals surface area contributed by atoms with Crippen molar-refractivity contribution in [3.8, 4) is 6.01 Å². The molecule has 0 saturated heterocycles. The standard InChI is InChI=1S/C6H9N3O2/c1-10-2-3-11-6-8-4-7-5-9-6/h4-5H,2-3H2,1H3. The zero-order chi connectivity index (χ0) is 7.94. The van der Waals surface area contributed by atoms with E-state index in [1.807, 2.05) is 0 Å². The first kappa shape index (κ1) is 7.87. The van der Waals surface area contributed by atoms with Crippen LogP contribution in [0.1, 0.15) is 0 Å². The molecule has 0 N–H and O–H groups in total. The molecular weight excluding hydrogens is 146 g/mol. The molecule has 0 spiro atoms. The molecule has 5 nitrogen and oxygen atoms in total. The van der Waals surface area contributed by atoms with Gasteiger partial charge in [0, 0.05) is 7.11 Å². The summed E-state index contributed by atoms with van der Waals surface area (Å²) in [5.74, 6) is 0. The quantitative estimate of drug-likeness (QED) is 0.568. The minimum Gasteiger partial charge on any atom is -0.461 e. The summed E-state index contributed by atoms with van der Waals surface area (Å²) >= 11 is 0. The molecule has 0 aliphatic rings. The molecule has 0 saturated carbocycles. The molecule has 0 atom stereocenters. The smallest absolute Gasteiger partial charge is 0.319 e. The van der Waals surface area contributed by atoms with E-state index < -0.39 is 0 Å². The molecule has 1 heterocycles. The average molecular weight is 155 g/mol. The van der Waals surface area contributed by atoms with Gasteiger partial charge in [0.1, 0.15) is 19.3 Å². The fraction of sp³-hybridized carbons (Fsp3) is 0.500. The minimum absolute atomic E-state index is 0.331. The van der Waals surface area contributed by atoms with Crippen LogP contribution in [0, 0.1) is 0 Å². The maximum absolute atomic E-state index is 5.06. The number of rotatable bonds is 4. The van der Waals surface area contributed by atoms with Gasteiger partial charge in [-0.3, -0.25) is 0 Å². The maximum Gasteiger partial charge on any atom is 0.319 e. The first-order valence-corrected chi connectivity index (χ1v) is 3.17. The summed E-state index contributed by atoms with van der Waals surface area (Å²) in [5.41, 5.74) is 0. The number of nitrogens with zero attached hydrogens (tertiary/aromatic N) is 3. The van der Waals surface area contributed by atoms with Crippen LogP contribution >= 0.6 is 0 Å². The van der Waals surface area contributed by atoms with E-state index >= 15 is 0 Å². The molecule has 1 aromatic heterocycles. The van der Waals surface area contributed by atoms with Gasteiger partial charge in [-0.05, 0) is 0 Å². The Bertz CT molecular complexity index is 192. The van der Waals surface area contributed by atoms with Gasteiger partial charge in [0.05, 0.1) is 6.61 Å². The molecule has 60 valence electrons. The molecule has 1 rings (SSSR count). The Balaban J connectivity index is 2.28. The molecule has 11 heavy (non-hydrogen) atoms. The summed E-state index contributed by atoms with van der Waals surface area (Å²) in [5, 5.41) is 0. The molecule has 0 aliphatic heterocycles. The SMILES string of the molecule is COCCOc1ncncn1. The molecule has 0 aromatic carbocycles. The summed E-state index contributed by atoms with van der Waals surface area (Å²) < 4.78 is 9.83. The third kappa shape index (κ3) is 2.90. The van der Waals surface area contributed by atoms with Crippen molar-refractivity contribution in [3.05, 3.63) is 12.7 Å². The fourth-order valence-corrected chi connectivity index (χ4v) is 0.519. The minimum atomic E-state index is 0.331. The Morgan fingerprint density at radius 2 is 2.00 bits per heavy atom. The average Bonchev–Trinajstić information content (AvgIpc) is 2.07. The van der Waals surface area contributed by atoms with Gasteiger partial charge in [0.15, 0.2) is 0 Å². The normalized spacial score (nSPS) is 9.55. The maximum atomic E-state index is 5.06. The molecule has 1 aromatic rings. The van der Waals surface area contributed by atoms with Crippen LogP contribution in [-0.2, 0) is 4.74 Å². The number of hydrogen-bond acceptors (Lipinski definition) is 5. The van der Waals surface area contributed by atoms with E-state index in [-0.39, 0.29) is 0 Å². The number of methoxy groups -OCH3 is 1. The topological polar surface area (TPSA) is 57.1 Å². The molecular formula is C6H9N3O2. The van der Waals surface area contributed by atoms with Crippen molar-refractivity contribution in [3.63, 3.8) is 0 Å². The summed E-state index contributed by atoms with van der Waals surface area (Å²) in [4.78, 5) is 11.1. The Kier molecular flexibility index (Phi) is 3.27. The first-order chi connectivity index (χ1) is 5.43. The predicted octanol–water partition coefficient (Wildman–Crippen LogP) is -0.103. The number of hydrogen-bond donors (Lipinski definition) is 0. The van der Waals surface area contributed by atoms with Crippen molar-refractivity contribution in [2.45, 2.75) is 0 Å². The lowest BCUT2D eigenvalue weighted by Gasteiger charge is -2.00. The van der Waals surface area contributed by atoms with Gasteiger partial charge in [-0.2, -0.15) is 9.97 Å². The van der Waals surface area contributed by atoms with E-state index in [1.165, 1.54) is 12.7 Å². The van der Waals surface area contributed by atoms with Crippen molar-refractivity contribution in [2.24, 2.45) is 0 Å². The van der Waals surface area contributed by atoms with E-state index in [0.29, 0.717) is 19.2 Å². The van der Waals surface area contributed by atoms with Crippen molar-refractivity contribution in [2.75, 3.05) is 20.3 Å². The lowest BCUT2D eigenvalue weighted by molar-refractivity contribution is 0.140. The van der Waals surface area contributed by atoms with Gasteiger partial charge in [-0.1, -0.05) is 0 Å². The van der Waals surface area contributed by atoms with Crippen molar-refractivity contribution in [1.29, 1.82) is 0 Å². The van der Waals surface area contributed by atoms with E-state index in [9.17, 15) is 0 Å². The predicted molar refractivity (Wildman–Crippen MR) is 37.2 cm³/mol. The molecule has 0 bridgehead atoms. The Hall–Kier alpha value is -1.23. The van der Waals surface area contributed by atoms with Crippen LogP contribution < -0.4 is 4.74 Å². The summed E-state index contributed by atoms with van der Waals surface area (Å²) in [6, 6.07) is 0.331. The second-order valence-electron chi connectivity index (χ2n) is 1.76. The van der Waals surface area contributed by atoms with E-state index in [1.54, 1.807) is 7.11 Å². The van der Waals surface area contributed by atoms with Crippen LogP contribution in [0.5, 0.6) is 6.01 Å². The van der Waals surface area contributed by atoms with E-state index in [2.05, 4.69) is 15.0 Å². The first-order valence-electron chi connectivity index (χ1n) is 3.17. The van der Waals surface area contributed by atoms with Gasteiger partial charge in [-0.15, -0.1) is 0 Å². The van der Waals surface area contributed by atoms with E-state index in [4.69, 9.17) is 9.47 Å². The highest BCUT2D eigenvalue weighted by Gasteiger charge is 1.92. The second-order valence-corrected chi connectivity index (χ2v) is 1.76. The zero-order valence-corrected chi connectivity index (χ0v) is 6.23. The molecule has 0 radical (unpaired) electrons. The second kappa shape index (κ2) is 4.56. The van der Waals surface area contributed by atoms with Crippen LogP contribution in [0.3, 0.4) is 0 Å². The fourth-order valence-electron chi connectivity index (χ4n) is 0.519. The summed E-state index contributed by atoms with van der Waals surface area (Å²) in [6.07, 6.45) is 2.77. The monoisotopic (exact) mass is 155 g/mol. The summed E-state index contributed by atoms with van der Waals surface area (Å²) in [6.45, 7) is 0.992. The van der Waals surface area contributed by atoms with Crippen molar-refractivity contribution in [1.82, 2.24) is 15.0 Å². The third-order valence-corrected chi connectivity index (χ3v) is 0.988. The highest BCUT2D eigenvalue weighted by Crippen LogP contribution is 1.94. The largest absolute Gasteiger partial charge is 0.461 e. The van der Waals surface area contributed by atoms with Crippen LogP contribution in [0.2, 0.25) is 0 Å². The van der Waals surface area contributed by atoms with Gasteiger partial charge in [0.2, 0.25) is 0 Å². The van der Waals surface area contributed by atoms with Crippen LogP contribution in [0.25, 0.3) is 0 Å². The van der Waals surface area contributed by atoms with E-state index in [0.717, 1.165) is 0 Å². The number of ether oxygens (including phenoxy) is 2. The van der Waals surface area contributed by atoms with Crippen LogP contribution in [0.4, 0.5) is 0 Å². The Labute approximate surface area is 64.4 Å². The van der Waals surface area contributed by atoms with Gasteiger partial charge in [0.25, 0.3) is 0 Å². The Morgan fingerprint density at radius 3 is 2.64 bits per heavy atom. The molecule has 0 unspecified atom stereocenters.